The Labute approximate surface area is 155 Å². The zero-order valence-electron chi connectivity index (χ0n) is 16.1. The number of hydrogen-bond acceptors (Lipinski definition) is 2. The third-order valence-corrected chi connectivity index (χ3v) is 5.63. The molecule has 0 atom stereocenters. The topological polar surface area (TPSA) is 40.5 Å². The molecule has 0 unspecified atom stereocenters. The Hall–Kier alpha value is -2.74. The van der Waals surface area contributed by atoms with E-state index in [2.05, 4.69) is 45.0 Å². The molecule has 2 nitrogen and oxygen atoms in total. The van der Waals surface area contributed by atoms with Gasteiger partial charge in [-0.05, 0) is 85.7 Å². The largest absolute Gasteiger partial charge is 0.508 e. The SMILES string of the molecule is Cc1ccc(C(c2ccc(O)c(C)c2C)c2ccc(O)c(C)c2C)cc1. The molecule has 0 spiro atoms. The van der Waals surface area contributed by atoms with Crippen LogP contribution in [0.15, 0.2) is 48.5 Å². The predicted octanol–water partition coefficient (Wildman–Crippen LogP) is 5.82. The van der Waals surface area contributed by atoms with Crippen LogP contribution >= 0.6 is 0 Å². The summed E-state index contributed by atoms with van der Waals surface area (Å²) in [4.78, 5) is 0. The smallest absolute Gasteiger partial charge is 0.118 e. The second-order valence-electron chi connectivity index (χ2n) is 7.19. The summed E-state index contributed by atoms with van der Waals surface area (Å²) >= 11 is 0. The van der Waals surface area contributed by atoms with E-state index in [1.165, 1.54) is 22.3 Å². The Morgan fingerprint density at radius 3 is 1.38 bits per heavy atom. The van der Waals surface area contributed by atoms with E-state index in [4.69, 9.17) is 0 Å². The molecule has 0 aliphatic heterocycles. The van der Waals surface area contributed by atoms with Crippen LogP contribution in [0, 0.1) is 34.6 Å². The first-order valence-electron chi connectivity index (χ1n) is 8.96. The molecule has 0 fully saturated rings. The normalized spacial score (nSPS) is 11.2. The molecule has 0 bridgehead atoms. The zero-order valence-corrected chi connectivity index (χ0v) is 16.1. The molecule has 2 heteroatoms. The summed E-state index contributed by atoms with van der Waals surface area (Å²) in [5.41, 5.74) is 8.80. The summed E-state index contributed by atoms with van der Waals surface area (Å²) in [6.07, 6.45) is 0. The molecule has 0 saturated heterocycles. The highest BCUT2D eigenvalue weighted by Gasteiger charge is 2.23. The highest BCUT2D eigenvalue weighted by Crippen LogP contribution is 2.40. The molecule has 26 heavy (non-hydrogen) atoms. The predicted molar refractivity (Wildman–Crippen MR) is 107 cm³/mol. The van der Waals surface area contributed by atoms with Crippen molar-refractivity contribution in [3.8, 4) is 11.5 Å². The number of hydrogen-bond donors (Lipinski definition) is 2. The first kappa shape index (κ1) is 18.1. The summed E-state index contributed by atoms with van der Waals surface area (Å²) < 4.78 is 0. The lowest BCUT2D eigenvalue weighted by atomic mass is 9.79. The molecule has 0 heterocycles. The van der Waals surface area contributed by atoms with Crippen molar-refractivity contribution in [1.29, 1.82) is 0 Å². The van der Waals surface area contributed by atoms with Gasteiger partial charge in [0.2, 0.25) is 0 Å². The molecule has 0 saturated carbocycles. The third-order valence-electron chi connectivity index (χ3n) is 5.63. The Bertz CT molecular complexity index is 895. The van der Waals surface area contributed by atoms with E-state index in [1.54, 1.807) is 12.1 Å². The fourth-order valence-electron chi connectivity index (χ4n) is 3.57. The van der Waals surface area contributed by atoms with Crippen LogP contribution in [0.1, 0.15) is 50.4 Å². The first-order valence-corrected chi connectivity index (χ1v) is 8.96. The molecule has 3 rings (SSSR count). The molecule has 3 aromatic rings. The van der Waals surface area contributed by atoms with Crippen molar-refractivity contribution >= 4 is 0 Å². The Kier molecular flexibility index (Phi) is 4.78. The lowest BCUT2D eigenvalue weighted by Crippen LogP contribution is -2.09. The minimum atomic E-state index is 0.0502. The van der Waals surface area contributed by atoms with E-state index in [1.807, 2.05) is 26.0 Å². The highest BCUT2D eigenvalue weighted by molar-refractivity contribution is 5.55. The van der Waals surface area contributed by atoms with Crippen molar-refractivity contribution < 1.29 is 10.2 Å². The molecule has 0 aliphatic rings. The minimum absolute atomic E-state index is 0.0502. The van der Waals surface area contributed by atoms with E-state index < -0.39 is 0 Å². The van der Waals surface area contributed by atoms with Gasteiger partial charge in [0.1, 0.15) is 11.5 Å². The van der Waals surface area contributed by atoms with Gasteiger partial charge in [-0.25, -0.2) is 0 Å². The van der Waals surface area contributed by atoms with Gasteiger partial charge in [0.05, 0.1) is 0 Å². The monoisotopic (exact) mass is 346 g/mol. The summed E-state index contributed by atoms with van der Waals surface area (Å²) in [5, 5.41) is 20.2. The van der Waals surface area contributed by atoms with Crippen LogP contribution in [0.2, 0.25) is 0 Å². The molecule has 0 radical (unpaired) electrons. The third kappa shape index (κ3) is 3.08. The quantitative estimate of drug-likeness (QED) is 0.587. The number of benzene rings is 3. The fourth-order valence-corrected chi connectivity index (χ4v) is 3.57. The van der Waals surface area contributed by atoms with E-state index in [9.17, 15) is 10.2 Å². The number of phenols is 2. The molecule has 0 amide bonds. The van der Waals surface area contributed by atoms with E-state index in [0.717, 1.165) is 22.3 Å². The molecular formula is C24H26O2. The van der Waals surface area contributed by atoms with Gasteiger partial charge in [-0.2, -0.15) is 0 Å². The lowest BCUT2D eigenvalue weighted by Gasteiger charge is -2.25. The maximum absolute atomic E-state index is 10.1. The van der Waals surface area contributed by atoms with Crippen LogP contribution in [-0.2, 0) is 0 Å². The van der Waals surface area contributed by atoms with Crippen molar-refractivity contribution in [3.63, 3.8) is 0 Å². The van der Waals surface area contributed by atoms with Gasteiger partial charge in [-0.15, -0.1) is 0 Å². The van der Waals surface area contributed by atoms with E-state index in [0.29, 0.717) is 11.5 Å². The Balaban J connectivity index is 2.30. The molecule has 2 N–H and O–H groups in total. The first-order chi connectivity index (χ1) is 12.3. The van der Waals surface area contributed by atoms with Gasteiger partial charge in [0.15, 0.2) is 0 Å². The maximum atomic E-state index is 10.1. The number of aryl methyl sites for hydroxylation is 1. The average Bonchev–Trinajstić information content (AvgIpc) is 2.63. The summed E-state index contributed by atoms with van der Waals surface area (Å²) in [5.74, 6) is 0.703. The molecule has 0 aliphatic carbocycles. The fraction of sp³-hybridized carbons (Fsp3) is 0.250. The zero-order chi connectivity index (χ0) is 19.0. The van der Waals surface area contributed by atoms with Crippen molar-refractivity contribution in [1.82, 2.24) is 0 Å². The van der Waals surface area contributed by atoms with Gasteiger partial charge in [-0.1, -0.05) is 42.0 Å². The van der Waals surface area contributed by atoms with Crippen LogP contribution in [0.4, 0.5) is 0 Å². The van der Waals surface area contributed by atoms with Gasteiger partial charge < -0.3 is 10.2 Å². The van der Waals surface area contributed by atoms with Crippen LogP contribution in [-0.4, -0.2) is 10.2 Å². The standard InChI is InChI=1S/C24H26O2/c1-14-6-8-19(9-7-14)24(20-10-12-22(25)17(4)15(20)2)21-11-13-23(26)18(5)16(21)3/h6-13,24-26H,1-5H3. The molecule has 134 valence electrons. The molecule has 0 aromatic heterocycles. The molecular weight excluding hydrogens is 320 g/mol. The van der Waals surface area contributed by atoms with Crippen LogP contribution in [0.25, 0.3) is 0 Å². The maximum Gasteiger partial charge on any atom is 0.118 e. The number of aromatic hydroxyl groups is 2. The van der Waals surface area contributed by atoms with Crippen molar-refractivity contribution in [2.45, 2.75) is 40.5 Å². The number of rotatable bonds is 3. The van der Waals surface area contributed by atoms with Crippen molar-refractivity contribution in [3.05, 3.63) is 93.0 Å². The summed E-state index contributed by atoms with van der Waals surface area (Å²) in [7, 11) is 0. The summed E-state index contributed by atoms with van der Waals surface area (Å²) in [6, 6.07) is 16.2. The Morgan fingerprint density at radius 2 is 0.962 bits per heavy atom. The van der Waals surface area contributed by atoms with Crippen molar-refractivity contribution in [2.75, 3.05) is 0 Å². The average molecular weight is 346 g/mol. The van der Waals surface area contributed by atoms with E-state index in [-0.39, 0.29) is 5.92 Å². The van der Waals surface area contributed by atoms with Crippen LogP contribution in [0.3, 0.4) is 0 Å². The van der Waals surface area contributed by atoms with E-state index >= 15 is 0 Å². The second kappa shape index (κ2) is 6.87. The van der Waals surface area contributed by atoms with Gasteiger partial charge in [-0.3, -0.25) is 0 Å². The van der Waals surface area contributed by atoms with Crippen LogP contribution < -0.4 is 0 Å². The minimum Gasteiger partial charge on any atom is -0.508 e. The van der Waals surface area contributed by atoms with Gasteiger partial charge in [0, 0.05) is 5.92 Å². The second-order valence-corrected chi connectivity index (χ2v) is 7.19. The van der Waals surface area contributed by atoms with Gasteiger partial charge >= 0.3 is 0 Å². The van der Waals surface area contributed by atoms with Gasteiger partial charge in [0.25, 0.3) is 0 Å². The van der Waals surface area contributed by atoms with Crippen LogP contribution in [0.5, 0.6) is 11.5 Å². The Morgan fingerprint density at radius 1 is 0.538 bits per heavy atom. The lowest BCUT2D eigenvalue weighted by molar-refractivity contribution is 0.470. The highest BCUT2D eigenvalue weighted by atomic mass is 16.3. The van der Waals surface area contributed by atoms with Crippen molar-refractivity contribution in [2.24, 2.45) is 0 Å². The summed E-state index contributed by atoms with van der Waals surface area (Å²) in [6.45, 7) is 10.1. The number of phenolic OH excluding ortho intramolecular Hbond substituents is 2. The molecule has 3 aromatic carbocycles.